The Morgan fingerprint density at radius 3 is 2.53 bits per heavy atom. The van der Waals surface area contributed by atoms with Gasteiger partial charge in [0.05, 0.1) is 13.2 Å². The van der Waals surface area contributed by atoms with Crippen molar-refractivity contribution in [2.75, 3.05) is 19.4 Å². The fraction of sp³-hybridized carbons (Fsp3) is 0.800. The molecule has 17 heavy (non-hydrogen) atoms. The number of esters is 1. The first kappa shape index (κ1) is 13.9. The summed E-state index contributed by atoms with van der Waals surface area (Å²) in [6, 6.07) is 1.45. The lowest BCUT2D eigenvalue weighted by Gasteiger charge is -2.25. The molecule has 0 radical (unpaired) electrons. The van der Waals surface area contributed by atoms with Crippen LogP contribution in [0.3, 0.4) is 0 Å². The summed E-state index contributed by atoms with van der Waals surface area (Å²) < 4.78 is 29.3. The van der Waals surface area contributed by atoms with Gasteiger partial charge in [0.15, 0.2) is 5.75 Å². The van der Waals surface area contributed by atoms with Crippen molar-refractivity contribution >= 4 is 16.0 Å². The molecule has 1 aliphatic rings. The van der Waals surface area contributed by atoms with Gasteiger partial charge >= 0.3 is 5.97 Å². The maximum absolute atomic E-state index is 11.9. The molecule has 0 aromatic heterocycles. The molecule has 1 saturated carbocycles. The molecule has 7 heteroatoms. The molecule has 0 spiro atoms. The largest absolute Gasteiger partial charge is 0.468 e. The highest BCUT2D eigenvalue weighted by atomic mass is 32.2. The van der Waals surface area contributed by atoms with Crippen molar-refractivity contribution in [1.29, 1.82) is 5.26 Å². The summed E-state index contributed by atoms with van der Waals surface area (Å²) in [6.07, 6.45) is 3.37. The summed E-state index contributed by atoms with van der Waals surface area (Å²) >= 11 is 0. The molecular formula is C10H16N2O4S. The van der Waals surface area contributed by atoms with Crippen LogP contribution in [-0.2, 0) is 19.6 Å². The number of rotatable bonds is 5. The van der Waals surface area contributed by atoms with Crippen molar-refractivity contribution in [2.45, 2.75) is 31.7 Å². The van der Waals surface area contributed by atoms with Gasteiger partial charge in [-0.05, 0) is 12.8 Å². The van der Waals surface area contributed by atoms with Crippen LogP contribution in [0, 0.1) is 11.3 Å². The third-order valence-corrected chi connectivity index (χ3v) is 4.48. The van der Waals surface area contributed by atoms with Gasteiger partial charge in [0.2, 0.25) is 10.0 Å². The van der Waals surface area contributed by atoms with Gasteiger partial charge in [-0.25, -0.2) is 8.42 Å². The van der Waals surface area contributed by atoms with Crippen molar-refractivity contribution in [2.24, 2.45) is 0 Å². The molecular weight excluding hydrogens is 244 g/mol. The van der Waals surface area contributed by atoms with Gasteiger partial charge in [-0.2, -0.15) is 9.57 Å². The van der Waals surface area contributed by atoms with E-state index in [0.717, 1.165) is 30.0 Å². The van der Waals surface area contributed by atoms with Crippen molar-refractivity contribution in [1.82, 2.24) is 4.31 Å². The van der Waals surface area contributed by atoms with E-state index in [0.29, 0.717) is 0 Å². The quantitative estimate of drug-likeness (QED) is 0.661. The van der Waals surface area contributed by atoms with E-state index >= 15 is 0 Å². The number of nitrogens with zero attached hydrogens (tertiary/aromatic N) is 2. The highest BCUT2D eigenvalue weighted by Crippen LogP contribution is 2.25. The lowest BCUT2D eigenvalue weighted by atomic mass is 10.2. The van der Waals surface area contributed by atoms with Crippen LogP contribution in [0.4, 0.5) is 0 Å². The summed E-state index contributed by atoms with van der Waals surface area (Å²) in [5.74, 6) is -1.20. The lowest BCUT2D eigenvalue weighted by molar-refractivity contribution is -0.141. The highest BCUT2D eigenvalue weighted by molar-refractivity contribution is 7.89. The van der Waals surface area contributed by atoms with E-state index in [4.69, 9.17) is 5.26 Å². The summed E-state index contributed by atoms with van der Waals surface area (Å²) in [5, 5.41) is 8.51. The number of sulfonamides is 1. The van der Waals surface area contributed by atoms with E-state index in [2.05, 4.69) is 4.74 Å². The molecule has 0 saturated heterocycles. The maximum Gasteiger partial charge on any atom is 0.321 e. The Bertz CT molecular complexity index is 407. The van der Waals surface area contributed by atoms with E-state index in [9.17, 15) is 13.2 Å². The SMILES string of the molecule is COC(=O)CN(C1CCCC1)S(=O)(=O)CC#N. The Kier molecular flexibility index (Phi) is 4.90. The van der Waals surface area contributed by atoms with Crippen LogP contribution in [0.25, 0.3) is 0 Å². The molecule has 1 rings (SSSR count). The van der Waals surface area contributed by atoms with Gasteiger partial charge in [-0.3, -0.25) is 4.79 Å². The van der Waals surface area contributed by atoms with E-state index in [-0.39, 0.29) is 12.6 Å². The first-order valence-corrected chi connectivity index (χ1v) is 7.05. The molecule has 0 aromatic rings. The van der Waals surface area contributed by atoms with Gasteiger partial charge in [-0.15, -0.1) is 0 Å². The second-order valence-corrected chi connectivity index (χ2v) is 5.90. The molecule has 1 aliphatic carbocycles. The molecule has 0 N–H and O–H groups in total. The number of hydrogen-bond donors (Lipinski definition) is 0. The monoisotopic (exact) mass is 260 g/mol. The highest BCUT2D eigenvalue weighted by Gasteiger charge is 2.33. The summed E-state index contributed by atoms with van der Waals surface area (Å²) in [6.45, 7) is -0.300. The Morgan fingerprint density at radius 2 is 2.06 bits per heavy atom. The Balaban J connectivity index is 2.85. The van der Waals surface area contributed by atoms with Crippen LogP contribution in [0.1, 0.15) is 25.7 Å². The van der Waals surface area contributed by atoms with E-state index in [1.807, 2.05) is 0 Å². The number of hydrogen-bond acceptors (Lipinski definition) is 5. The normalized spacial score (nSPS) is 17.0. The zero-order chi connectivity index (χ0) is 12.9. The van der Waals surface area contributed by atoms with Crippen LogP contribution < -0.4 is 0 Å². The van der Waals surface area contributed by atoms with Gasteiger partial charge < -0.3 is 4.74 Å². The smallest absolute Gasteiger partial charge is 0.321 e. The summed E-state index contributed by atoms with van der Waals surface area (Å²) in [4.78, 5) is 11.2. The molecule has 0 aromatic carbocycles. The average Bonchev–Trinajstić information content (AvgIpc) is 2.78. The Morgan fingerprint density at radius 1 is 1.47 bits per heavy atom. The van der Waals surface area contributed by atoms with Gasteiger partial charge in [0.25, 0.3) is 0 Å². The molecule has 6 nitrogen and oxygen atoms in total. The number of methoxy groups -OCH3 is 1. The van der Waals surface area contributed by atoms with Crippen molar-refractivity contribution in [3.8, 4) is 6.07 Å². The van der Waals surface area contributed by atoms with Crippen molar-refractivity contribution in [3.63, 3.8) is 0 Å². The molecule has 0 unspecified atom stereocenters. The third kappa shape index (κ3) is 3.68. The number of carbonyl (C=O) groups is 1. The average molecular weight is 260 g/mol. The van der Waals surface area contributed by atoms with Crippen LogP contribution in [0.5, 0.6) is 0 Å². The minimum Gasteiger partial charge on any atom is -0.468 e. The fourth-order valence-corrected chi connectivity index (χ4v) is 3.30. The van der Waals surface area contributed by atoms with E-state index < -0.39 is 21.7 Å². The standard InChI is InChI=1S/C10H16N2O4S/c1-16-10(13)8-12(9-4-2-3-5-9)17(14,15)7-6-11/h9H,2-5,7-8H2,1H3. The van der Waals surface area contributed by atoms with Crippen LogP contribution in [-0.4, -0.2) is 44.1 Å². The minimum absolute atomic E-state index is 0.174. The summed E-state index contributed by atoms with van der Waals surface area (Å²) in [5.41, 5.74) is 0. The summed E-state index contributed by atoms with van der Waals surface area (Å²) in [7, 11) is -2.48. The number of ether oxygens (including phenoxy) is 1. The van der Waals surface area contributed by atoms with Crippen LogP contribution >= 0.6 is 0 Å². The molecule has 0 amide bonds. The predicted molar refractivity (Wildman–Crippen MR) is 60.4 cm³/mol. The van der Waals surface area contributed by atoms with Gasteiger partial charge in [0.1, 0.15) is 6.54 Å². The van der Waals surface area contributed by atoms with Crippen molar-refractivity contribution < 1.29 is 17.9 Å². The topological polar surface area (TPSA) is 87.5 Å². The molecule has 96 valence electrons. The number of nitriles is 1. The first-order valence-electron chi connectivity index (χ1n) is 5.44. The Hall–Kier alpha value is -1.13. The van der Waals surface area contributed by atoms with E-state index in [1.54, 1.807) is 6.07 Å². The second kappa shape index (κ2) is 5.98. The minimum atomic E-state index is -3.69. The van der Waals surface area contributed by atoms with Crippen molar-refractivity contribution in [3.05, 3.63) is 0 Å². The van der Waals surface area contributed by atoms with E-state index in [1.165, 1.54) is 7.11 Å². The zero-order valence-electron chi connectivity index (χ0n) is 9.76. The molecule has 0 atom stereocenters. The predicted octanol–water partition coefficient (Wildman–Crippen LogP) is 0.257. The zero-order valence-corrected chi connectivity index (χ0v) is 10.6. The van der Waals surface area contributed by atoms with Crippen LogP contribution in [0.15, 0.2) is 0 Å². The fourth-order valence-electron chi connectivity index (χ4n) is 2.00. The van der Waals surface area contributed by atoms with Crippen LogP contribution in [0.2, 0.25) is 0 Å². The molecule has 0 heterocycles. The third-order valence-electron chi connectivity index (χ3n) is 2.85. The first-order chi connectivity index (χ1) is 8.01. The van der Waals surface area contributed by atoms with Gasteiger partial charge in [0, 0.05) is 6.04 Å². The van der Waals surface area contributed by atoms with Gasteiger partial charge in [-0.1, -0.05) is 12.8 Å². The Labute approximate surface area is 101 Å². The number of carbonyl (C=O) groups excluding carboxylic acids is 1. The molecule has 0 aliphatic heterocycles. The second-order valence-electron chi connectivity index (χ2n) is 3.97. The maximum atomic E-state index is 11.9. The lowest BCUT2D eigenvalue weighted by Crippen LogP contribution is -2.43. The molecule has 0 bridgehead atoms. The molecule has 1 fully saturated rings.